The molecule has 7 nitrogen and oxygen atoms in total. The zero-order valence-corrected chi connectivity index (χ0v) is 19.8. The molecule has 0 atom stereocenters. The maximum atomic E-state index is 14.0. The maximum absolute atomic E-state index is 14.0. The standard InChI is InChI=1S/C24H12ClF7N6O/c25-12-3-1-11(2-4-12)17-6-19(24(30,31)32)38-20(35-17)7-18(36-38)23(39)34-13-8-33-37(9-13)10-14-15(26)5-16(27)22(29)21(14)28/h1-9H,10H2,(H,34,39). The SMILES string of the molecule is O=C(Nc1cnn(Cc2c(F)cc(F)c(F)c2F)c1)c1cc2nc(-c3ccc(Cl)cc3)cc(C(F)(F)F)n2n1. The predicted octanol–water partition coefficient (Wildman–Crippen LogP) is 6.12. The molecule has 0 aliphatic heterocycles. The third kappa shape index (κ3) is 5.14. The average Bonchev–Trinajstić information content (AvgIpc) is 3.51. The van der Waals surface area contributed by atoms with E-state index in [1.165, 1.54) is 24.3 Å². The van der Waals surface area contributed by atoms with E-state index in [4.69, 9.17) is 11.6 Å². The molecule has 0 aliphatic carbocycles. The molecule has 0 fully saturated rings. The predicted molar refractivity (Wildman–Crippen MR) is 124 cm³/mol. The fourth-order valence-electron chi connectivity index (χ4n) is 3.68. The summed E-state index contributed by atoms with van der Waals surface area (Å²) in [5.41, 5.74) is -2.38. The number of rotatable bonds is 5. The topological polar surface area (TPSA) is 77.1 Å². The zero-order valence-electron chi connectivity index (χ0n) is 19.1. The summed E-state index contributed by atoms with van der Waals surface area (Å²) in [6.45, 7) is -0.647. The van der Waals surface area contributed by atoms with Gasteiger partial charge in [-0.15, -0.1) is 0 Å². The van der Waals surface area contributed by atoms with Crippen molar-refractivity contribution in [2.24, 2.45) is 0 Å². The molecule has 15 heteroatoms. The van der Waals surface area contributed by atoms with Gasteiger partial charge in [-0.05, 0) is 18.2 Å². The summed E-state index contributed by atoms with van der Waals surface area (Å²) in [5.74, 6) is -7.57. The van der Waals surface area contributed by atoms with Crippen LogP contribution in [0.5, 0.6) is 0 Å². The Balaban J connectivity index is 1.42. The Morgan fingerprint density at radius 3 is 2.38 bits per heavy atom. The van der Waals surface area contributed by atoms with Crippen LogP contribution in [-0.2, 0) is 12.7 Å². The lowest BCUT2D eigenvalue weighted by molar-refractivity contribution is -0.142. The van der Waals surface area contributed by atoms with Crippen LogP contribution < -0.4 is 5.32 Å². The summed E-state index contributed by atoms with van der Waals surface area (Å²) < 4.78 is 97.3. The number of carbonyl (C=O) groups excluding carboxylic acids is 1. The highest BCUT2D eigenvalue weighted by Gasteiger charge is 2.35. The minimum Gasteiger partial charge on any atom is -0.318 e. The van der Waals surface area contributed by atoms with E-state index in [1.807, 2.05) is 0 Å². The second-order valence-electron chi connectivity index (χ2n) is 8.16. The molecule has 1 amide bonds. The number of alkyl halides is 3. The zero-order chi connectivity index (χ0) is 28.1. The first-order valence-electron chi connectivity index (χ1n) is 10.8. The molecule has 2 aromatic carbocycles. The first-order valence-corrected chi connectivity index (χ1v) is 11.2. The van der Waals surface area contributed by atoms with Crippen molar-refractivity contribution in [1.82, 2.24) is 24.4 Å². The van der Waals surface area contributed by atoms with Crippen LogP contribution in [0.15, 0.2) is 54.9 Å². The van der Waals surface area contributed by atoms with E-state index in [1.54, 1.807) is 0 Å². The van der Waals surface area contributed by atoms with Crippen molar-refractivity contribution in [1.29, 1.82) is 0 Å². The summed E-state index contributed by atoms with van der Waals surface area (Å²) >= 11 is 5.84. The Hall–Kier alpha value is -4.46. The quantitative estimate of drug-likeness (QED) is 0.157. The fraction of sp³-hybridized carbons (Fsp3) is 0.0833. The highest BCUT2D eigenvalue weighted by atomic mass is 35.5. The number of nitrogens with zero attached hydrogens (tertiary/aromatic N) is 5. The lowest BCUT2D eigenvalue weighted by atomic mass is 10.1. The third-order valence-electron chi connectivity index (χ3n) is 5.51. The number of nitrogens with one attached hydrogen (secondary N) is 1. The minimum atomic E-state index is -4.84. The van der Waals surface area contributed by atoms with Crippen molar-refractivity contribution in [3.63, 3.8) is 0 Å². The lowest BCUT2D eigenvalue weighted by Crippen LogP contribution is -2.15. The van der Waals surface area contributed by atoms with E-state index in [0.29, 0.717) is 15.1 Å². The highest BCUT2D eigenvalue weighted by Crippen LogP contribution is 2.32. The molecule has 39 heavy (non-hydrogen) atoms. The van der Waals surface area contributed by atoms with Crippen molar-refractivity contribution in [2.45, 2.75) is 12.7 Å². The van der Waals surface area contributed by atoms with Crippen LogP contribution in [0.2, 0.25) is 5.02 Å². The van der Waals surface area contributed by atoms with E-state index >= 15 is 0 Å². The van der Waals surface area contributed by atoms with Crippen LogP contribution in [-0.4, -0.2) is 30.3 Å². The third-order valence-corrected chi connectivity index (χ3v) is 5.76. The summed E-state index contributed by atoms with van der Waals surface area (Å²) in [6, 6.07) is 7.96. The molecule has 5 rings (SSSR count). The molecule has 3 aromatic heterocycles. The number of carbonyl (C=O) groups is 1. The Morgan fingerprint density at radius 1 is 0.974 bits per heavy atom. The number of amides is 1. The van der Waals surface area contributed by atoms with Gasteiger partial charge in [-0.3, -0.25) is 9.48 Å². The molecule has 0 saturated heterocycles. The second-order valence-corrected chi connectivity index (χ2v) is 8.59. The molecule has 200 valence electrons. The van der Waals surface area contributed by atoms with Crippen LogP contribution in [0.4, 0.5) is 36.4 Å². The molecule has 0 bridgehead atoms. The number of benzene rings is 2. The summed E-state index contributed by atoms with van der Waals surface area (Å²) in [4.78, 5) is 16.9. The first-order chi connectivity index (χ1) is 18.4. The molecular weight excluding hydrogens is 557 g/mol. The number of halogens is 8. The summed E-state index contributed by atoms with van der Waals surface area (Å²) in [6.07, 6.45) is -2.65. The van der Waals surface area contributed by atoms with Crippen LogP contribution in [0.25, 0.3) is 16.9 Å². The van der Waals surface area contributed by atoms with E-state index < -0.39 is 58.8 Å². The molecule has 0 radical (unpaired) electrons. The highest BCUT2D eigenvalue weighted by molar-refractivity contribution is 6.30. The van der Waals surface area contributed by atoms with Gasteiger partial charge >= 0.3 is 6.18 Å². The Morgan fingerprint density at radius 2 is 1.69 bits per heavy atom. The molecule has 0 aliphatic rings. The van der Waals surface area contributed by atoms with Gasteiger partial charge in [0.2, 0.25) is 0 Å². The molecule has 5 aromatic rings. The van der Waals surface area contributed by atoms with Gasteiger partial charge < -0.3 is 5.32 Å². The number of hydrogen-bond donors (Lipinski definition) is 1. The van der Waals surface area contributed by atoms with Crippen molar-refractivity contribution in [2.75, 3.05) is 5.32 Å². The smallest absolute Gasteiger partial charge is 0.318 e. The summed E-state index contributed by atoms with van der Waals surface area (Å²) in [5, 5.41) is 10.2. The average molecular weight is 569 g/mol. The van der Waals surface area contributed by atoms with Crippen molar-refractivity contribution in [3.05, 3.63) is 100 Å². The van der Waals surface area contributed by atoms with Crippen molar-refractivity contribution >= 4 is 28.8 Å². The number of hydrogen-bond acceptors (Lipinski definition) is 4. The van der Waals surface area contributed by atoms with Crippen molar-refractivity contribution < 1.29 is 35.5 Å². The Labute approximate surface area is 218 Å². The molecule has 1 N–H and O–H groups in total. The van der Waals surface area contributed by atoms with E-state index in [2.05, 4.69) is 20.5 Å². The van der Waals surface area contributed by atoms with Gasteiger partial charge in [0.15, 0.2) is 34.5 Å². The number of fused-ring (bicyclic) bond motifs is 1. The molecule has 3 heterocycles. The van der Waals surface area contributed by atoms with E-state index in [0.717, 1.165) is 29.2 Å². The monoisotopic (exact) mass is 568 g/mol. The van der Waals surface area contributed by atoms with Gasteiger partial charge in [-0.1, -0.05) is 23.7 Å². The second kappa shape index (κ2) is 9.69. The Bertz CT molecular complexity index is 1730. The number of aromatic nitrogens is 5. The fourth-order valence-corrected chi connectivity index (χ4v) is 3.80. The first kappa shape index (κ1) is 26.2. The van der Waals surface area contributed by atoms with Gasteiger partial charge in [-0.2, -0.15) is 23.4 Å². The van der Waals surface area contributed by atoms with Gasteiger partial charge in [0.05, 0.1) is 24.1 Å². The largest absolute Gasteiger partial charge is 0.433 e. The minimum absolute atomic E-state index is 0.0219. The van der Waals surface area contributed by atoms with Gasteiger partial charge in [0, 0.05) is 34.5 Å². The molecular formula is C24H12ClF7N6O. The summed E-state index contributed by atoms with van der Waals surface area (Å²) in [7, 11) is 0. The number of anilines is 1. The van der Waals surface area contributed by atoms with Crippen LogP contribution in [0.3, 0.4) is 0 Å². The van der Waals surface area contributed by atoms with Gasteiger partial charge in [0.25, 0.3) is 5.91 Å². The molecule has 0 unspecified atom stereocenters. The Kier molecular flexibility index (Phi) is 6.50. The normalized spacial score (nSPS) is 11.8. The van der Waals surface area contributed by atoms with E-state index in [-0.39, 0.29) is 23.1 Å². The molecule has 0 saturated carbocycles. The van der Waals surface area contributed by atoms with Gasteiger partial charge in [0.1, 0.15) is 5.82 Å². The van der Waals surface area contributed by atoms with Crippen LogP contribution >= 0.6 is 11.6 Å². The molecule has 0 spiro atoms. The maximum Gasteiger partial charge on any atom is 0.433 e. The van der Waals surface area contributed by atoms with Crippen LogP contribution in [0.1, 0.15) is 21.7 Å². The van der Waals surface area contributed by atoms with E-state index in [9.17, 15) is 35.5 Å². The van der Waals surface area contributed by atoms with Crippen molar-refractivity contribution in [3.8, 4) is 11.3 Å². The lowest BCUT2D eigenvalue weighted by Gasteiger charge is -2.11. The van der Waals surface area contributed by atoms with Gasteiger partial charge in [-0.25, -0.2) is 27.1 Å². The van der Waals surface area contributed by atoms with Crippen LogP contribution in [0, 0.1) is 23.3 Å².